The Bertz CT molecular complexity index is 1270. The second kappa shape index (κ2) is 11.3. The van der Waals surface area contributed by atoms with E-state index in [2.05, 4.69) is 45.1 Å². The highest BCUT2D eigenvalue weighted by Gasteiger charge is 2.34. The van der Waals surface area contributed by atoms with Crippen LogP contribution < -0.4 is 16.4 Å². The van der Waals surface area contributed by atoms with Gasteiger partial charge in [0.15, 0.2) is 5.82 Å². The summed E-state index contributed by atoms with van der Waals surface area (Å²) < 4.78 is 5.35. The molecule has 0 unspecified atom stereocenters. The van der Waals surface area contributed by atoms with Crippen molar-refractivity contribution in [3.8, 4) is 22.4 Å². The summed E-state index contributed by atoms with van der Waals surface area (Å²) in [5.74, 6) is 0.599. The van der Waals surface area contributed by atoms with E-state index in [0.717, 1.165) is 66.5 Å². The molecule has 4 N–H and O–H groups in total. The molecule has 0 atom stereocenters. The molecule has 2 fully saturated rings. The lowest BCUT2D eigenvalue weighted by Gasteiger charge is -2.38. The van der Waals surface area contributed by atoms with Gasteiger partial charge in [0, 0.05) is 30.1 Å². The number of amides is 2. The van der Waals surface area contributed by atoms with Crippen molar-refractivity contribution in [3.63, 3.8) is 0 Å². The minimum absolute atomic E-state index is 0.0835. The predicted octanol–water partition coefficient (Wildman–Crippen LogP) is 5.39. The first-order valence-electron chi connectivity index (χ1n) is 13.4. The molecular weight excluding hydrogens is 478 g/mol. The van der Waals surface area contributed by atoms with Gasteiger partial charge in [0.25, 0.3) is 0 Å². The van der Waals surface area contributed by atoms with Crippen molar-refractivity contribution in [1.82, 2.24) is 15.5 Å². The fourth-order valence-corrected chi connectivity index (χ4v) is 5.43. The van der Waals surface area contributed by atoms with Gasteiger partial charge < -0.3 is 21.1 Å². The van der Waals surface area contributed by atoms with Gasteiger partial charge in [-0.15, -0.1) is 10.2 Å². The van der Waals surface area contributed by atoms with Crippen LogP contribution in [0.15, 0.2) is 60.7 Å². The number of hydrogen-bond acceptors (Lipinski definition) is 6. The van der Waals surface area contributed by atoms with Gasteiger partial charge in [-0.25, -0.2) is 4.79 Å². The zero-order valence-corrected chi connectivity index (χ0v) is 21.8. The molecular formula is C30H35N5O3. The molecule has 1 heterocycles. The molecule has 2 aromatic carbocycles. The second-order valence-corrected chi connectivity index (χ2v) is 10.5. The first-order chi connectivity index (χ1) is 18.4. The van der Waals surface area contributed by atoms with Crippen LogP contribution in [0.25, 0.3) is 22.4 Å². The number of anilines is 1. The molecule has 8 heteroatoms. The molecule has 198 valence electrons. The van der Waals surface area contributed by atoms with Gasteiger partial charge in [-0.3, -0.25) is 4.79 Å². The molecule has 0 aliphatic heterocycles. The number of nitrogens with two attached hydrogens (primary N) is 1. The lowest BCUT2D eigenvalue weighted by atomic mass is 9.72. The van der Waals surface area contributed by atoms with E-state index in [1.165, 1.54) is 6.42 Å². The molecule has 2 aliphatic rings. The number of nitrogens with one attached hydrogen (secondary N) is 2. The highest BCUT2D eigenvalue weighted by atomic mass is 16.6. The van der Waals surface area contributed by atoms with Crippen LogP contribution in [0, 0.1) is 5.92 Å². The maximum atomic E-state index is 12.9. The van der Waals surface area contributed by atoms with Crippen molar-refractivity contribution in [2.75, 3.05) is 12.4 Å². The molecule has 0 spiro atoms. The number of rotatable bonds is 7. The molecule has 3 aromatic rings. The van der Waals surface area contributed by atoms with Gasteiger partial charge in [-0.2, -0.15) is 0 Å². The largest absolute Gasteiger partial charge is 0.446 e. The van der Waals surface area contributed by atoms with Crippen LogP contribution in [0.1, 0.15) is 56.9 Å². The predicted molar refractivity (Wildman–Crippen MR) is 147 cm³/mol. The van der Waals surface area contributed by atoms with E-state index in [-0.39, 0.29) is 23.5 Å². The summed E-state index contributed by atoms with van der Waals surface area (Å²) in [6.45, 7) is 0. The molecule has 0 radical (unpaired) electrons. The number of benzene rings is 2. The van der Waals surface area contributed by atoms with Gasteiger partial charge >= 0.3 is 6.09 Å². The van der Waals surface area contributed by atoms with E-state index in [1.54, 1.807) is 7.05 Å². The smallest absolute Gasteiger partial charge is 0.407 e. The van der Waals surface area contributed by atoms with Crippen molar-refractivity contribution in [2.45, 2.75) is 63.0 Å². The first-order valence-corrected chi connectivity index (χ1v) is 13.4. The fourth-order valence-electron chi connectivity index (χ4n) is 5.43. The van der Waals surface area contributed by atoms with Crippen LogP contribution >= 0.6 is 0 Å². The maximum absolute atomic E-state index is 12.9. The minimum atomic E-state index is -0.403. The highest BCUT2D eigenvalue weighted by molar-refractivity contribution is 5.91. The standard InChI is InChI=1S/C30H35N5O3/c1-32-29(37)38-24-14-8-20(9-15-24)18-27(36)33-26-19-25(21-6-3-2-4-7-21)28(35-34-26)22-10-12-23(13-11-22)30(31)16-5-17-30/h2-4,6-7,10-13,19-20,24H,5,8-9,14-18,31H2,1H3,(H,32,37)(H,33,34,36)/t20-,24-. The molecule has 1 aromatic heterocycles. The van der Waals surface area contributed by atoms with Gasteiger partial charge in [-0.1, -0.05) is 54.6 Å². The summed E-state index contributed by atoms with van der Waals surface area (Å²) in [4.78, 5) is 24.3. The SMILES string of the molecule is CNC(=O)O[C@H]1CC[C@H](CC(=O)Nc2cc(-c3ccccc3)c(-c3ccc(C4(N)CCC4)cc3)nn2)CC1. The lowest BCUT2D eigenvalue weighted by Crippen LogP contribution is -2.43. The molecule has 2 aliphatic carbocycles. The van der Waals surface area contributed by atoms with Gasteiger partial charge in [-0.05, 0) is 68.1 Å². The van der Waals surface area contributed by atoms with Crippen molar-refractivity contribution < 1.29 is 14.3 Å². The third kappa shape index (κ3) is 5.86. The number of hydrogen-bond donors (Lipinski definition) is 3. The Morgan fingerprint density at radius 3 is 2.32 bits per heavy atom. The molecule has 38 heavy (non-hydrogen) atoms. The quantitative estimate of drug-likeness (QED) is 0.390. The Morgan fingerprint density at radius 2 is 1.68 bits per heavy atom. The number of alkyl carbamates (subject to hydrolysis) is 1. The summed E-state index contributed by atoms with van der Waals surface area (Å²) in [7, 11) is 1.55. The van der Waals surface area contributed by atoms with Gasteiger partial charge in [0.1, 0.15) is 11.8 Å². The van der Waals surface area contributed by atoms with E-state index < -0.39 is 6.09 Å². The number of ether oxygens (including phenoxy) is 1. The van der Waals surface area contributed by atoms with Gasteiger partial charge in [0.05, 0.1) is 0 Å². The maximum Gasteiger partial charge on any atom is 0.407 e. The van der Waals surface area contributed by atoms with Crippen LogP contribution in [0.3, 0.4) is 0 Å². The first kappa shape index (κ1) is 25.9. The molecule has 5 rings (SSSR count). The van der Waals surface area contributed by atoms with E-state index in [9.17, 15) is 9.59 Å². The Kier molecular flexibility index (Phi) is 7.69. The molecule has 2 saturated carbocycles. The number of aromatic nitrogens is 2. The zero-order valence-electron chi connectivity index (χ0n) is 21.8. The molecule has 0 bridgehead atoms. The third-order valence-corrected chi connectivity index (χ3v) is 7.87. The van der Waals surface area contributed by atoms with Gasteiger partial charge in [0.2, 0.25) is 5.91 Å². The summed E-state index contributed by atoms with van der Waals surface area (Å²) >= 11 is 0. The monoisotopic (exact) mass is 513 g/mol. The van der Waals surface area contributed by atoms with Crippen LogP contribution in [0.5, 0.6) is 0 Å². The van der Waals surface area contributed by atoms with E-state index in [1.807, 2.05) is 36.4 Å². The van der Waals surface area contributed by atoms with Crippen molar-refractivity contribution >= 4 is 17.8 Å². The van der Waals surface area contributed by atoms with E-state index >= 15 is 0 Å². The Balaban J connectivity index is 1.29. The van der Waals surface area contributed by atoms with Crippen LogP contribution in [0.2, 0.25) is 0 Å². The average molecular weight is 514 g/mol. The van der Waals surface area contributed by atoms with Crippen LogP contribution in [0.4, 0.5) is 10.6 Å². The number of carbonyl (C=O) groups excluding carboxylic acids is 2. The second-order valence-electron chi connectivity index (χ2n) is 10.5. The zero-order chi connectivity index (χ0) is 26.5. The normalized spacial score (nSPS) is 20.2. The topological polar surface area (TPSA) is 119 Å². The number of carbonyl (C=O) groups is 2. The molecule has 2 amide bonds. The Morgan fingerprint density at radius 1 is 0.974 bits per heavy atom. The highest BCUT2D eigenvalue weighted by Crippen LogP contribution is 2.40. The summed E-state index contributed by atoms with van der Waals surface area (Å²) in [5.41, 5.74) is 11.1. The van der Waals surface area contributed by atoms with Crippen molar-refractivity contribution in [3.05, 3.63) is 66.2 Å². The van der Waals surface area contributed by atoms with Crippen molar-refractivity contribution in [2.24, 2.45) is 11.7 Å². The average Bonchev–Trinajstić information content (AvgIpc) is 2.93. The lowest BCUT2D eigenvalue weighted by molar-refractivity contribution is -0.117. The minimum Gasteiger partial charge on any atom is -0.446 e. The third-order valence-electron chi connectivity index (χ3n) is 7.87. The summed E-state index contributed by atoms with van der Waals surface area (Å²) in [6, 6.07) is 20.2. The van der Waals surface area contributed by atoms with Crippen LogP contribution in [-0.4, -0.2) is 35.3 Å². The summed E-state index contributed by atoms with van der Waals surface area (Å²) in [6.07, 6.45) is 6.33. The molecule has 8 nitrogen and oxygen atoms in total. The van der Waals surface area contributed by atoms with Crippen LogP contribution in [-0.2, 0) is 15.1 Å². The summed E-state index contributed by atoms with van der Waals surface area (Å²) in [5, 5.41) is 14.3. The molecule has 0 saturated heterocycles. The number of nitrogens with zero attached hydrogens (tertiary/aromatic N) is 2. The fraction of sp³-hybridized carbons (Fsp3) is 0.400. The Labute approximate surface area is 223 Å². The Hall–Kier alpha value is -3.78. The van der Waals surface area contributed by atoms with E-state index in [0.29, 0.717) is 12.2 Å². The van der Waals surface area contributed by atoms with E-state index in [4.69, 9.17) is 10.5 Å². The van der Waals surface area contributed by atoms with Crippen molar-refractivity contribution in [1.29, 1.82) is 0 Å².